The van der Waals surface area contributed by atoms with Crippen molar-refractivity contribution < 1.29 is 33.6 Å². The van der Waals surface area contributed by atoms with Gasteiger partial charge in [-0.25, -0.2) is 8.42 Å². The average Bonchev–Trinajstić information content (AvgIpc) is 2.15. The molecule has 0 fully saturated rings. The van der Waals surface area contributed by atoms with Gasteiger partial charge in [-0.2, -0.15) is 0 Å². The zero-order valence-corrected chi connectivity index (χ0v) is 10.9. The Kier molecular flexibility index (Phi) is 6.39. The van der Waals surface area contributed by atoms with Crippen LogP contribution in [0, 0.1) is 6.92 Å². The van der Waals surface area contributed by atoms with E-state index in [-0.39, 0.29) is 11.4 Å². The smallest absolute Gasteiger partial charge is 0.327 e. The van der Waals surface area contributed by atoms with Crippen molar-refractivity contribution in [3.63, 3.8) is 0 Å². The summed E-state index contributed by atoms with van der Waals surface area (Å²) in [6, 6.07) is 5.78. The van der Waals surface area contributed by atoms with Crippen LogP contribution in [-0.2, 0) is 10.1 Å². The van der Waals surface area contributed by atoms with Crippen LogP contribution in [0.15, 0.2) is 29.2 Å². The van der Waals surface area contributed by atoms with Crippen LogP contribution in [0.4, 0.5) is 0 Å². The minimum Gasteiger partial charge on any atom is -0.744 e. The van der Waals surface area contributed by atoms with E-state index < -0.39 is 16.1 Å². The summed E-state index contributed by atoms with van der Waals surface area (Å²) in [5.74, 6) is -2.51. The third kappa shape index (κ3) is 8.12. The van der Waals surface area contributed by atoms with E-state index in [0.717, 1.165) is 5.56 Å². The van der Waals surface area contributed by atoms with Crippen molar-refractivity contribution in [2.24, 2.45) is 0 Å². The Bertz CT molecular complexity index is 448. The Morgan fingerprint density at radius 1 is 1.22 bits per heavy atom. The summed E-state index contributed by atoms with van der Waals surface area (Å²) < 4.78 is 31.2. The first-order valence-electron chi connectivity index (χ1n) is 5.04. The van der Waals surface area contributed by atoms with Gasteiger partial charge in [0.1, 0.15) is 10.1 Å². The first-order valence-corrected chi connectivity index (χ1v) is 6.44. The molecule has 8 heteroatoms. The van der Waals surface area contributed by atoms with Gasteiger partial charge in [-0.3, -0.25) is 0 Å². The molecule has 0 aromatic heterocycles. The molecule has 0 aliphatic carbocycles. The van der Waals surface area contributed by atoms with E-state index in [0.29, 0.717) is 0 Å². The number of aryl methyl sites for hydroxylation is 1. The van der Waals surface area contributed by atoms with Crippen molar-refractivity contribution in [2.45, 2.75) is 17.8 Å². The first kappa shape index (κ1) is 17.0. The van der Waals surface area contributed by atoms with Crippen LogP contribution < -0.4 is 5.32 Å². The van der Waals surface area contributed by atoms with Crippen molar-refractivity contribution in [2.75, 3.05) is 13.6 Å². The van der Waals surface area contributed by atoms with Gasteiger partial charge in [0.2, 0.25) is 0 Å². The molecule has 104 valence electrons. The summed E-state index contributed by atoms with van der Waals surface area (Å²) in [5.41, 5.74) is 0.928. The van der Waals surface area contributed by atoms with Crippen molar-refractivity contribution in [1.82, 2.24) is 0 Å². The van der Waals surface area contributed by atoms with Crippen LogP contribution in [0.2, 0.25) is 0 Å². The maximum Gasteiger partial charge on any atom is 0.327 e. The molecule has 7 nitrogen and oxygen atoms in total. The van der Waals surface area contributed by atoms with Crippen LogP contribution >= 0.6 is 0 Å². The van der Waals surface area contributed by atoms with Gasteiger partial charge in [0, 0.05) is 0 Å². The van der Waals surface area contributed by atoms with Gasteiger partial charge in [0.05, 0.1) is 11.9 Å². The van der Waals surface area contributed by atoms with E-state index in [1.54, 1.807) is 19.2 Å². The fourth-order valence-corrected chi connectivity index (χ4v) is 1.45. The van der Waals surface area contributed by atoms with E-state index in [2.05, 4.69) is 0 Å². The normalized spacial score (nSPS) is 11.7. The van der Waals surface area contributed by atoms with Crippen molar-refractivity contribution in [3.05, 3.63) is 29.8 Å². The molecule has 0 amide bonds. The maximum atomic E-state index is 10.4. The lowest BCUT2D eigenvalue weighted by atomic mass is 10.2. The zero-order valence-electron chi connectivity index (χ0n) is 10.1. The monoisotopic (exact) mass is 279 g/mol. The predicted octanol–water partition coefficient (Wildman–Crippen LogP) is -2.29. The number of nitrogens with two attached hydrogens (primary N) is 1. The second-order valence-corrected chi connectivity index (χ2v) is 5.03. The molecule has 0 aliphatic heterocycles. The molecule has 0 bridgehead atoms. The summed E-state index contributed by atoms with van der Waals surface area (Å²) >= 11 is 0. The fourth-order valence-electron chi connectivity index (χ4n) is 0.979. The largest absolute Gasteiger partial charge is 0.744 e. The quantitative estimate of drug-likeness (QED) is 0.363. The Morgan fingerprint density at radius 3 is 1.89 bits per heavy atom. The van der Waals surface area contributed by atoms with Gasteiger partial charge in [0.25, 0.3) is 0 Å². The second-order valence-electron chi connectivity index (χ2n) is 3.65. The summed E-state index contributed by atoms with van der Waals surface area (Å²) in [6.45, 7) is 1.70. The van der Waals surface area contributed by atoms with Gasteiger partial charge in [-0.15, -0.1) is 0 Å². The Balaban J connectivity index is 0.000000360. The minimum atomic E-state index is -4.27. The van der Waals surface area contributed by atoms with Crippen molar-refractivity contribution in [3.8, 4) is 0 Å². The highest BCUT2D eigenvalue weighted by Gasteiger charge is 2.18. The summed E-state index contributed by atoms with van der Waals surface area (Å²) in [6.07, 6.45) is 0. The second kappa shape index (κ2) is 6.78. The van der Waals surface area contributed by atoms with Crippen LogP contribution in [0.5, 0.6) is 0 Å². The highest BCUT2D eigenvalue weighted by molar-refractivity contribution is 7.85. The molecule has 0 unspecified atom stereocenters. The predicted molar refractivity (Wildman–Crippen MR) is 61.2 cm³/mol. The third-order valence-electron chi connectivity index (χ3n) is 1.79. The van der Waals surface area contributed by atoms with Crippen molar-refractivity contribution in [1.29, 1.82) is 0 Å². The van der Waals surface area contributed by atoms with Crippen LogP contribution in [0.1, 0.15) is 5.56 Å². The number of rotatable bonds is 3. The molecule has 0 aliphatic rings. The maximum absolute atomic E-state index is 10.4. The summed E-state index contributed by atoms with van der Waals surface area (Å²) in [4.78, 5) is -0.178. The SMILES string of the molecule is C[NH2+]CC(O)(O)O.Cc1ccc(S(=O)(=O)[O-])cc1. The Labute approximate surface area is 105 Å². The number of aliphatic hydroxyl groups is 3. The third-order valence-corrected chi connectivity index (χ3v) is 2.64. The van der Waals surface area contributed by atoms with E-state index in [9.17, 15) is 13.0 Å². The van der Waals surface area contributed by atoms with Crippen molar-refractivity contribution >= 4 is 10.1 Å². The molecule has 1 aromatic carbocycles. The van der Waals surface area contributed by atoms with E-state index in [4.69, 9.17) is 15.3 Å². The fraction of sp³-hybridized carbons (Fsp3) is 0.400. The molecule has 18 heavy (non-hydrogen) atoms. The molecule has 0 atom stereocenters. The zero-order chi connectivity index (χ0) is 14.4. The topological polar surface area (TPSA) is 134 Å². The van der Waals surface area contributed by atoms with Gasteiger partial charge >= 0.3 is 5.97 Å². The lowest BCUT2D eigenvalue weighted by molar-refractivity contribution is -0.664. The molecular weight excluding hydrogens is 262 g/mol. The molecule has 1 rings (SSSR count). The van der Waals surface area contributed by atoms with Crippen LogP contribution in [-0.4, -0.2) is 47.9 Å². The first-order chi connectivity index (χ1) is 8.06. The number of hydrogen-bond acceptors (Lipinski definition) is 6. The molecule has 0 spiro atoms. The Hall–Kier alpha value is -1.03. The highest BCUT2D eigenvalue weighted by Crippen LogP contribution is 2.08. The molecule has 0 saturated heterocycles. The molecule has 1 aromatic rings. The van der Waals surface area contributed by atoms with Gasteiger partial charge < -0.3 is 25.2 Å². The van der Waals surface area contributed by atoms with Gasteiger partial charge in [-0.1, -0.05) is 17.7 Å². The van der Waals surface area contributed by atoms with Gasteiger partial charge in [-0.05, 0) is 19.1 Å². The molecule has 0 saturated carbocycles. The van der Waals surface area contributed by atoms with Crippen LogP contribution in [0.25, 0.3) is 0 Å². The highest BCUT2D eigenvalue weighted by atomic mass is 32.2. The molecular formula is C10H17NO6S. The summed E-state index contributed by atoms with van der Waals surface area (Å²) in [5, 5.41) is 25.8. The lowest BCUT2D eigenvalue weighted by Gasteiger charge is -2.08. The lowest BCUT2D eigenvalue weighted by Crippen LogP contribution is -2.84. The molecule has 0 radical (unpaired) electrons. The number of benzene rings is 1. The van der Waals surface area contributed by atoms with E-state index in [1.165, 1.54) is 17.4 Å². The summed E-state index contributed by atoms with van der Waals surface area (Å²) in [7, 11) is -2.65. The number of hydrogen-bond donors (Lipinski definition) is 4. The Morgan fingerprint density at radius 2 is 1.67 bits per heavy atom. The number of likely N-dealkylation sites (N-methyl/N-ethyl adjacent to an activating group) is 1. The standard InChI is InChI=1S/C7H8O3S.C3H9NO3/c1-6-2-4-7(5-3-6)11(8,9)10;1-4-2-3(5,6)7/h2-5H,1H3,(H,8,9,10);4-7H,2H2,1H3. The van der Waals surface area contributed by atoms with Gasteiger partial charge in [0.15, 0.2) is 6.54 Å². The van der Waals surface area contributed by atoms with E-state index in [1.807, 2.05) is 6.92 Å². The molecule has 0 heterocycles. The number of quaternary nitrogens is 1. The molecule has 5 N–H and O–H groups in total. The average molecular weight is 279 g/mol. The minimum absolute atomic E-state index is 0.118. The van der Waals surface area contributed by atoms with Crippen LogP contribution in [0.3, 0.4) is 0 Å². The van der Waals surface area contributed by atoms with E-state index >= 15 is 0 Å².